The minimum atomic E-state index is -3.91. The van der Waals surface area contributed by atoms with Crippen molar-refractivity contribution in [3.8, 4) is 11.3 Å². The van der Waals surface area contributed by atoms with E-state index < -0.39 is 15.9 Å². The first-order valence-electron chi connectivity index (χ1n) is 9.22. The average Bonchev–Trinajstić information content (AvgIpc) is 2.74. The molecule has 158 valence electrons. The van der Waals surface area contributed by atoms with Gasteiger partial charge in [-0.3, -0.25) is 9.78 Å². The van der Waals surface area contributed by atoms with E-state index >= 15 is 0 Å². The van der Waals surface area contributed by atoms with Crippen LogP contribution in [0, 0.1) is 0 Å². The van der Waals surface area contributed by atoms with Crippen molar-refractivity contribution in [3.63, 3.8) is 0 Å². The van der Waals surface area contributed by atoms with Gasteiger partial charge in [-0.1, -0.05) is 48.5 Å². The van der Waals surface area contributed by atoms with Gasteiger partial charge in [0.25, 0.3) is 5.91 Å². The number of rotatable bonds is 6. The van der Waals surface area contributed by atoms with Crippen LogP contribution in [0.2, 0.25) is 5.02 Å². The monoisotopic (exact) mass is 453 g/mol. The van der Waals surface area contributed by atoms with Crippen LogP contribution < -0.4 is 10.5 Å². The number of carbonyl (C=O) groups excluding carboxylic acids is 1. The quantitative estimate of drug-likeness (QED) is 0.413. The van der Waals surface area contributed by atoms with E-state index in [1.807, 2.05) is 30.3 Å². The standard InChI is InChI=1S/C23H20ClN3O3S/c1-3-16(9-8-15(2)31(25,29)30)23(28)27-18-10-11-21(24)20(14-18)22-19-7-5-4-6-17(19)12-13-26-22/h3-14H,2H2,1H3,(H,27,28)(H2,25,29,30). The van der Waals surface area contributed by atoms with Gasteiger partial charge < -0.3 is 5.32 Å². The van der Waals surface area contributed by atoms with Crippen molar-refractivity contribution in [2.45, 2.75) is 6.92 Å². The maximum Gasteiger partial charge on any atom is 0.255 e. The van der Waals surface area contributed by atoms with Crippen LogP contribution in [0.25, 0.3) is 22.0 Å². The number of hydrogen-bond acceptors (Lipinski definition) is 4. The zero-order chi connectivity index (χ0) is 22.6. The van der Waals surface area contributed by atoms with Gasteiger partial charge in [0.05, 0.1) is 15.6 Å². The van der Waals surface area contributed by atoms with E-state index in [9.17, 15) is 13.2 Å². The number of aromatic nitrogens is 1. The molecule has 31 heavy (non-hydrogen) atoms. The molecule has 0 atom stereocenters. The third-order valence-corrected chi connectivity index (χ3v) is 5.74. The number of sulfonamides is 1. The highest BCUT2D eigenvalue weighted by Crippen LogP contribution is 2.33. The average molecular weight is 454 g/mol. The number of hydrogen-bond donors (Lipinski definition) is 2. The van der Waals surface area contributed by atoms with E-state index in [1.165, 1.54) is 12.2 Å². The van der Waals surface area contributed by atoms with Crippen LogP contribution >= 0.6 is 11.6 Å². The zero-order valence-electron chi connectivity index (χ0n) is 16.7. The fraction of sp³-hybridized carbons (Fsp3) is 0.0435. The Balaban J connectivity index is 1.90. The summed E-state index contributed by atoms with van der Waals surface area (Å²) in [6, 6.07) is 14.8. The Labute approximate surface area is 185 Å². The molecule has 6 nitrogen and oxygen atoms in total. The molecule has 0 fully saturated rings. The zero-order valence-corrected chi connectivity index (χ0v) is 18.2. The summed E-state index contributed by atoms with van der Waals surface area (Å²) < 4.78 is 22.6. The Kier molecular flexibility index (Phi) is 6.70. The molecule has 3 aromatic rings. The van der Waals surface area contributed by atoms with Crippen molar-refractivity contribution < 1.29 is 13.2 Å². The number of amides is 1. The van der Waals surface area contributed by atoms with Gasteiger partial charge in [0.15, 0.2) is 0 Å². The van der Waals surface area contributed by atoms with Gasteiger partial charge in [-0.2, -0.15) is 0 Å². The Morgan fingerprint density at radius 3 is 2.61 bits per heavy atom. The second-order valence-electron chi connectivity index (χ2n) is 6.62. The van der Waals surface area contributed by atoms with Gasteiger partial charge in [0, 0.05) is 28.4 Å². The summed E-state index contributed by atoms with van der Waals surface area (Å²) in [5.41, 5.74) is 2.13. The largest absolute Gasteiger partial charge is 0.322 e. The number of nitrogens with zero attached hydrogens (tertiary/aromatic N) is 1. The molecule has 1 aromatic heterocycles. The van der Waals surface area contributed by atoms with Gasteiger partial charge in [-0.25, -0.2) is 13.6 Å². The Morgan fingerprint density at radius 2 is 1.90 bits per heavy atom. The first-order chi connectivity index (χ1) is 14.7. The summed E-state index contributed by atoms with van der Waals surface area (Å²) in [7, 11) is -3.91. The molecule has 2 aromatic carbocycles. The number of anilines is 1. The second kappa shape index (κ2) is 9.26. The molecular formula is C23H20ClN3O3S. The lowest BCUT2D eigenvalue weighted by Crippen LogP contribution is -2.14. The fourth-order valence-electron chi connectivity index (χ4n) is 2.90. The molecule has 0 radical (unpaired) electrons. The van der Waals surface area contributed by atoms with E-state index in [0.717, 1.165) is 10.8 Å². The highest BCUT2D eigenvalue weighted by atomic mass is 35.5. The Morgan fingerprint density at radius 1 is 1.16 bits per heavy atom. The molecule has 3 rings (SSSR count). The smallest absolute Gasteiger partial charge is 0.255 e. The van der Waals surface area contributed by atoms with Crippen molar-refractivity contribution in [2.75, 3.05) is 5.32 Å². The first kappa shape index (κ1) is 22.4. The molecule has 0 saturated heterocycles. The van der Waals surface area contributed by atoms with Crippen molar-refractivity contribution in [1.29, 1.82) is 0 Å². The maximum atomic E-state index is 12.7. The van der Waals surface area contributed by atoms with E-state index in [0.29, 0.717) is 22.0 Å². The number of benzene rings is 2. The summed E-state index contributed by atoms with van der Waals surface area (Å²) >= 11 is 6.43. The van der Waals surface area contributed by atoms with Gasteiger partial charge in [-0.15, -0.1) is 0 Å². The maximum absolute atomic E-state index is 12.7. The molecule has 3 N–H and O–H groups in total. The molecule has 0 aliphatic carbocycles. The summed E-state index contributed by atoms with van der Waals surface area (Å²) in [6.07, 6.45) is 5.77. The summed E-state index contributed by atoms with van der Waals surface area (Å²) in [5, 5.41) is 10.3. The minimum Gasteiger partial charge on any atom is -0.322 e. The number of primary sulfonamides is 1. The van der Waals surface area contributed by atoms with Crippen LogP contribution in [0.5, 0.6) is 0 Å². The van der Waals surface area contributed by atoms with E-state index in [1.54, 1.807) is 37.4 Å². The van der Waals surface area contributed by atoms with Crippen LogP contribution in [0.4, 0.5) is 5.69 Å². The number of halogens is 1. The molecule has 0 aliphatic heterocycles. The van der Waals surface area contributed by atoms with Gasteiger partial charge >= 0.3 is 0 Å². The number of carbonyl (C=O) groups is 1. The first-order valence-corrected chi connectivity index (χ1v) is 11.1. The van der Waals surface area contributed by atoms with Gasteiger partial charge in [-0.05, 0) is 48.7 Å². The normalized spacial score (nSPS) is 12.3. The molecule has 0 unspecified atom stereocenters. The van der Waals surface area contributed by atoms with Crippen LogP contribution in [0.3, 0.4) is 0 Å². The van der Waals surface area contributed by atoms with Gasteiger partial charge in [0.1, 0.15) is 0 Å². The number of pyridine rings is 1. The SMILES string of the molecule is C=C(C=CC(=CC)C(=O)Nc1ccc(Cl)c(-c2nccc3ccccc23)c1)S(N)(=O)=O. The number of allylic oxidation sites excluding steroid dienone is 2. The predicted octanol–water partition coefficient (Wildman–Crippen LogP) is 4.80. The summed E-state index contributed by atoms with van der Waals surface area (Å²) in [6.45, 7) is 5.03. The molecule has 0 aliphatic rings. The van der Waals surface area contributed by atoms with Gasteiger partial charge in [0.2, 0.25) is 10.0 Å². The van der Waals surface area contributed by atoms with Crippen molar-refractivity contribution in [2.24, 2.45) is 5.14 Å². The van der Waals surface area contributed by atoms with Crippen LogP contribution in [0.1, 0.15) is 6.92 Å². The predicted molar refractivity (Wildman–Crippen MR) is 126 cm³/mol. The Hall–Kier alpha value is -3.26. The molecular weight excluding hydrogens is 434 g/mol. The van der Waals surface area contributed by atoms with Crippen LogP contribution in [-0.4, -0.2) is 19.3 Å². The molecule has 8 heteroatoms. The van der Waals surface area contributed by atoms with E-state index in [2.05, 4.69) is 16.9 Å². The third kappa shape index (κ3) is 5.27. The van der Waals surface area contributed by atoms with Crippen LogP contribution in [0.15, 0.2) is 90.0 Å². The highest BCUT2D eigenvalue weighted by Gasteiger charge is 2.13. The van der Waals surface area contributed by atoms with Crippen LogP contribution in [-0.2, 0) is 14.8 Å². The number of nitrogens with one attached hydrogen (secondary N) is 1. The lowest BCUT2D eigenvalue weighted by Gasteiger charge is -2.11. The number of fused-ring (bicyclic) bond motifs is 1. The molecule has 0 spiro atoms. The highest BCUT2D eigenvalue weighted by molar-refractivity contribution is 7.93. The molecule has 0 bridgehead atoms. The van der Waals surface area contributed by atoms with Crippen molar-refractivity contribution in [1.82, 2.24) is 4.98 Å². The summed E-state index contributed by atoms with van der Waals surface area (Å²) in [4.78, 5) is 16.8. The van der Waals surface area contributed by atoms with E-state index in [4.69, 9.17) is 16.7 Å². The van der Waals surface area contributed by atoms with Crippen molar-refractivity contribution in [3.05, 3.63) is 95.0 Å². The minimum absolute atomic E-state index is 0.240. The lowest BCUT2D eigenvalue weighted by atomic mass is 10.0. The second-order valence-corrected chi connectivity index (χ2v) is 8.64. The van der Waals surface area contributed by atoms with Crippen molar-refractivity contribution >= 4 is 44.0 Å². The summed E-state index contributed by atoms with van der Waals surface area (Å²) in [5.74, 6) is -0.430. The lowest BCUT2D eigenvalue weighted by molar-refractivity contribution is -0.112. The molecule has 1 amide bonds. The fourth-order valence-corrected chi connectivity index (χ4v) is 3.37. The number of nitrogens with two attached hydrogens (primary N) is 1. The third-order valence-electron chi connectivity index (χ3n) is 4.54. The van der Waals surface area contributed by atoms with E-state index in [-0.39, 0.29) is 10.5 Å². The molecule has 0 saturated carbocycles. The Bertz CT molecular complexity index is 1340. The topological polar surface area (TPSA) is 102 Å². The molecule has 1 heterocycles.